The lowest BCUT2D eigenvalue weighted by Gasteiger charge is -2.23. The number of aliphatic hydroxyl groups is 1. The van der Waals surface area contributed by atoms with Crippen LogP contribution in [0.15, 0.2) is 47.4 Å². The van der Waals surface area contributed by atoms with E-state index in [1.54, 1.807) is 24.3 Å². The summed E-state index contributed by atoms with van der Waals surface area (Å²) in [6.07, 6.45) is 1.91. The molecule has 0 aliphatic carbocycles. The normalized spacial score (nSPS) is 14.5. The summed E-state index contributed by atoms with van der Waals surface area (Å²) in [5.74, 6) is 0.453. The minimum absolute atomic E-state index is 0.0118. The van der Waals surface area contributed by atoms with Gasteiger partial charge in [-0.1, -0.05) is 13.0 Å². The van der Waals surface area contributed by atoms with Crippen molar-refractivity contribution in [3.05, 3.63) is 48.0 Å². The summed E-state index contributed by atoms with van der Waals surface area (Å²) in [7, 11) is -1.33. The smallest absolute Gasteiger partial charge is 0.229 e. The zero-order valence-electron chi connectivity index (χ0n) is 19.6. The fraction of sp³-hybridized carbons (Fsp3) is 0.478. The summed E-state index contributed by atoms with van der Waals surface area (Å²) in [6.45, 7) is 5.07. The van der Waals surface area contributed by atoms with Gasteiger partial charge in [0.25, 0.3) is 0 Å². The van der Waals surface area contributed by atoms with Crippen molar-refractivity contribution >= 4 is 32.6 Å². The van der Waals surface area contributed by atoms with E-state index < -0.39 is 27.3 Å². The molecule has 2 rings (SSSR count). The number of hydrogen-bond acceptors (Lipinski definition) is 7. The number of anilines is 2. The maximum absolute atomic E-state index is 12.3. The molecule has 3 atom stereocenters. The average molecular weight is 498 g/mol. The van der Waals surface area contributed by atoms with Gasteiger partial charge < -0.3 is 25.0 Å². The third kappa shape index (κ3) is 9.05. The van der Waals surface area contributed by atoms with Crippen molar-refractivity contribution in [2.24, 2.45) is 0 Å². The van der Waals surface area contributed by atoms with E-state index in [2.05, 4.69) is 14.9 Å². The molecule has 0 bridgehead atoms. The highest BCUT2D eigenvalue weighted by Crippen LogP contribution is 2.27. The van der Waals surface area contributed by atoms with Crippen LogP contribution >= 0.6 is 0 Å². The van der Waals surface area contributed by atoms with Gasteiger partial charge in [-0.3, -0.25) is 4.72 Å². The summed E-state index contributed by atoms with van der Waals surface area (Å²) in [6, 6.07) is 12.1. The zero-order chi connectivity index (χ0) is 24.6. The number of rotatable bonds is 13. The van der Waals surface area contributed by atoms with Crippen LogP contribution in [0.3, 0.4) is 0 Å². The molecule has 2 aromatic carbocycles. The third-order valence-corrected chi connectivity index (χ3v) is 7.38. The van der Waals surface area contributed by atoms with E-state index in [1.165, 1.54) is 6.07 Å². The van der Waals surface area contributed by atoms with Gasteiger partial charge in [0.2, 0.25) is 10.0 Å². The van der Waals surface area contributed by atoms with Gasteiger partial charge in [0.15, 0.2) is 10.6 Å². The molecule has 184 valence electrons. The van der Waals surface area contributed by atoms with Crippen molar-refractivity contribution in [2.45, 2.75) is 43.7 Å². The Hall–Kier alpha value is -1.98. The highest BCUT2D eigenvalue weighted by Gasteiger charge is 2.19. The molecule has 0 aliphatic rings. The number of benzene rings is 2. The van der Waals surface area contributed by atoms with E-state index in [9.17, 15) is 23.2 Å². The summed E-state index contributed by atoms with van der Waals surface area (Å²) in [5, 5.41) is 23.9. The molecule has 2 aromatic rings. The van der Waals surface area contributed by atoms with Crippen molar-refractivity contribution in [3.8, 4) is 5.75 Å². The standard InChI is InChI=1S/C23H35N3O5S2/c1-5-14-32(29)23-15-18(6-11-21(23)27)22(28)16-24-17(2)12-13-26(3)20-9-7-19(8-10-20)25-33(4,30)31/h6-11,15,17,22,24-25,27-28H,5,12-14,16H2,1-4H3. The maximum Gasteiger partial charge on any atom is 0.229 e. The Morgan fingerprint density at radius 1 is 1.18 bits per heavy atom. The van der Waals surface area contributed by atoms with Crippen molar-refractivity contribution < 1.29 is 23.2 Å². The van der Waals surface area contributed by atoms with Gasteiger partial charge >= 0.3 is 0 Å². The molecule has 10 heteroatoms. The molecular weight excluding hydrogens is 462 g/mol. The van der Waals surface area contributed by atoms with Crippen molar-refractivity contribution in [2.75, 3.05) is 41.8 Å². The molecule has 0 aromatic heterocycles. The number of nitrogens with one attached hydrogen (secondary N) is 2. The number of phenolic OH excluding ortho intramolecular Hbond substituents is 1. The van der Waals surface area contributed by atoms with Gasteiger partial charge in [-0.15, -0.1) is 0 Å². The van der Waals surface area contributed by atoms with Crippen LogP contribution in [-0.4, -0.2) is 61.4 Å². The SMILES string of the molecule is CCC[S+]([O-])c1cc(C(O)CNC(C)CCN(C)c2ccc(NS(C)(=O)=O)cc2)ccc1O. The Kier molecular flexibility index (Phi) is 10.3. The zero-order valence-corrected chi connectivity index (χ0v) is 21.2. The molecule has 0 saturated carbocycles. The molecule has 4 N–H and O–H groups in total. The second-order valence-corrected chi connectivity index (χ2v) is 11.5. The minimum Gasteiger partial charge on any atom is -0.611 e. The number of aliphatic hydroxyl groups excluding tert-OH is 1. The first-order valence-electron chi connectivity index (χ1n) is 10.9. The van der Waals surface area contributed by atoms with Crippen LogP contribution < -0.4 is 14.9 Å². The van der Waals surface area contributed by atoms with Gasteiger partial charge in [0.05, 0.1) is 12.4 Å². The molecule has 0 heterocycles. The Bertz CT molecular complexity index is 986. The Morgan fingerprint density at radius 2 is 1.85 bits per heavy atom. The Morgan fingerprint density at radius 3 is 2.45 bits per heavy atom. The Labute approximate surface area is 200 Å². The molecular formula is C23H35N3O5S2. The van der Waals surface area contributed by atoms with Gasteiger partial charge in [0, 0.05) is 43.6 Å². The van der Waals surface area contributed by atoms with Crippen LogP contribution in [0.4, 0.5) is 11.4 Å². The average Bonchev–Trinajstić information content (AvgIpc) is 2.75. The fourth-order valence-electron chi connectivity index (χ4n) is 3.26. The molecule has 0 amide bonds. The minimum atomic E-state index is -3.30. The predicted octanol–water partition coefficient (Wildman–Crippen LogP) is 2.82. The summed E-state index contributed by atoms with van der Waals surface area (Å²) in [5.41, 5.74) is 2.11. The van der Waals surface area contributed by atoms with Gasteiger partial charge in [-0.2, -0.15) is 0 Å². The van der Waals surface area contributed by atoms with Gasteiger partial charge in [0.1, 0.15) is 5.75 Å². The Balaban J connectivity index is 1.84. The van der Waals surface area contributed by atoms with Gasteiger partial charge in [-0.25, -0.2) is 8.42 Å². The van der Waals surface area contributed by atoms with Crippen LogP contribution in [-0.2, 0) is 21.2 Å². The first-order valence-corrected chi connectivity index (χ1v) is 14.1. The molecule has 0 spiro atoms. The fourth-order valence-corrected chi connectivity index (χ4v) is 4.99. The van der Waals surface area contributed by atoms with Crippen LogP contribution in [0.25, 0.3) is 0 Å². The predicted molar refractivity (Wildman–Crippen MR) is 135 cm³/mol. The summed E-state index contributed by atoms with van der Waals surface area (Å²) >= 11 is -1.29. The number of nitrogens with zero attached hydrogens (tertiary/aromatic N) is 1. The topological polar surface area (TPSA) is 125 Å². The van der Waals surface area contributed by atoms with Crippen LogP contribution in [0.5, 0.6) is 5.75 Å². The number of sulfonamides is 1. The monoisotopic (exact) mass is 497 g/mol. The van der Waals surface area contributed by atoms with E-state index in [-0.39, 0.29) is 11.8 Å². The van der Waals surface area contributed by atoms with Crippen molar-refractivity contribution in [1.82, 2.24) is 5.32 Å². The summed E-state index contributed by atoms with van der Waals surface area (Å²) in [4.78, 5) is 2.44. The van der Waals surface area contributed by atoms with E-state index in [0.29, 0.717) is 28.4 Å². The van der Waals surface area contributed by atoms with Crippen LogP contribution in [0.2, 0.25) is 0 Å². The third-order valence-electron chi connectivity index (χ3n) is 5.17. The highest BCUT2D eigenvalue weighted by atomic mass is 32.2. The highest BCUT2D eigenvalue weighted by molar-refractivity contribution is 7.92. The van der Waals surface area contributed by atoms with E-state index in [1.807, 2.05) is 33.0 Å². The quantitative estimate of drug-likeness (QED) is 0.314. The van der Waals surface area contributed by atoms with E-state index in [4.69, 9.17) is 0 Å². The largest absolute Gasteiger partial charge is 0.611 e. The molecule has 0 saturated heterocycles. The number of hydrogen-bond donors (Lipinski definition) is 4. The van der Waals surface area contributed by atoms with E-state index in [0.717, 1.165) is 31.3 Å². The molecule has 3 unspecified atom stereocenters. The molecule has 0 radical (unpaired) electrons. The summed E-state index contributed by atoms with van der Waals surface area (Å²) < 4.78 is 37.3. The second kappa shape index (κ2) is 12.5. The number of phenols is 1. The first kappa shape index (κ1) is 27.3. The lowest BCUT2D eigenvalue weighted by Crippen LogP contribution is -2.33. The van der Waals surface area contributed by atoms with Crippen LogP contribution in [0, 0.1) is 0 Å². The van der Waals surface area contributed by atoms with Crippen LogP contribution in [0.1, 0.15) is 38.4 Å². The lowest BCUT2D eigenvalue weighted by molar-refractivity contribution is 0.170. The second-order valence-electron chi connectivity index (χ2n) is 8.23. The van der Waals surface area contributed by atoms with Crippen molar-refractivity contribution in [3.63, 3.8) is 0 Å². The molecule has 0 fully saturated rings. The molecule has 0 aliphatic heterocycles. The maximum atomic E-state index is 12.3. The molecule has 8 nitrogen and oxygen atoms in total. The van der Waals surface area contributed by atoms with Crippen molar-refractivity contribution in [1.29, 1.82) is 0 Å². The van der Waals surface area contributed by atoms with E-state index >= 15 is 0 Å². The van der Waals surface area contributed by atoms with Gasteiger partial charge in [-0.05, 0) is 66.8 Å². The lowest BCUT2D eigenvalue weighted by atomic mass is 10.1. The number of aromatic hydroxyl groups is 1. The molecule has 33 heavy (non-hydrogen) atoms. The first-order chi connectivity index (χ1) is 15.5.